The number of hydrogen-bond acceptors (Lipinski definition) is 3. The number of nitrogens with two attached hydrogens (primary N) is 1. The lowest BCUT2D eigenvalue weighted by Crippen LogP contribution is -2.31. The van der Waals surface area contributed by atoms with E-state index < -0.39 is 12.0 Å². The Morgan fingerprint density at radius 2 is 2.17 bits per heavy atom. The Labute approximate surface area is 78.4 Å². The Hall–Kier alpha value is -0.740. The number of carboxylic acids is 1. The second-order valence-corrected chi connectivity index (χ2v) is 2.54. The number of carboxylic acid groups (broad SMARTS) is 1. The minimum atomic E-state index is -1.00. The van der Waals surface area contributed by atoms with Crippen molar-refractivity contribution in [3.05, 3.63) is 24.8 Å². The van der Waals surface area contributed by atoms with Gasteiger partial charge >= 0.3 is 5.97 Å². The van der Waals surface area contributed by atoms with Crippen molar-refractivity contribution in [1.29, 1.82) is 0 Å². The normalized spacial score (nSPS) is 10.6. The van der Waals surface area contributed by atoms with Gasteiger partial charge in [0.15, 0.2) is 0 Å². The van der Waals surface area contributed by atoms with Crippen molar-refractivity contribution in [2.45, 2.75) is 13.0 Å². The van der Waals surface area contributed by atoms with E-state index in [1.165, 1.54) is 0 Å². The fourth-order valence-electron chi connectivity index (χ4n) is 0.0781. The van der Waals surface area contributed by atoms with Gasteiger partial charge in [-0.25, -0.2) is 0 Å². The van der Waals surface area contributed by atoms with Gasteiger partial charge in [-0.05, 0) is 6.92 Å². The third kappa shape index (κ3) is 12.0. The van der Waals surface area contributed by atoms with E-state index in [2.05, 4.69) is 25.8 Å². The number of aliphatic carboxylic acids is 1. The molecule has 0 aliphatic carbocycles. The molecule has 0 rings (SSSR count). The van der Waals surface area contributed by atoms with Crippen LogP contribution in [-0.2, 0) is 4.79 Å². The SMILES string of the molecule is C=CC(=C)C.NC(CS)C(=O)O. The molecule has 1 unspecified atom stereocenters. The summed E-state index contributed by atoms with van der Waals surface area (Å²) in [5.74, 6) is -0.815. The summed E-state index contributed by atoms with van der Waals surface area (Å²) in [6.45, 7) is 8.93. The first-order valence-corrected chi connectivity index (χ1v) is 3.96. The van der Waals surface area contributed by atoms with E-state index in [9.17, 15) is 4.79 Å². The Morgan fingerprint density at radius 1 is 1.83 bits per heavy atom. The second kappa shape index (κ2) is 8.36. The van der Waals surface area contributed by atoms with Crippen LogP contribution in [-0.4, -0.2) is 22.9 Å². The molecule has 0 heterocycles. The Morgan fingerprint density at radius 3 is 2.17 bits per heavy atom. The summed E-state index contributed by atoms with van der Waals surface area (Å²) >= 11 is 3.65. The van der Waals surface area contributed by atoms with Gasteiger partial charge in [-0.2, -0.15) is 12.6 Å². The van der Waals surface area contributed by atoms with Gasteiger partial charge in [-0.3, -0.25) is 4.79 Å². The van der Waals surface area contributed by atoms with Gasteiger partial charge in [0.1, 0.15) is 6.04 Å². The van der Waals surface area contributed by atoms with Crippen molar-refractivity contribution >= 4 is 18.6 Å². The van der Waals surface area contributed by atoms with Crippen molar-refractivity contribution < 1.29 is 9.90 Å². The van der Waals surface area contributed by atoms with Crippen LogP contribution >= 0.6 is 12.6 Å². The molecule has 0 saturated carbocycles. The van der Waals surface area contributed by atoms with Crippen LogP contribution in [0.3, 0.4) is 0 Å². The molecule has 1 atom stereocenters. The molecule has 3 nitrogen and oxygen atoms in total. The highest BCUT2D eigenvalue weighted by atomic mass is 32.1. The molecule has 0 radical (unpaired) electrons. The van der Waals surface area contributed by atoms with Crippen molar-refractivity contribution in [2.75, 3.05) is 5.75 Å². The van der Waals surface area contributed by atoms with E-state index in [1.54, 1.807) is 6.08 Å². The average molecular weight is 189 g/mol. The van der Waals surface area contributed by atoms with Crippen molar-refractivity contribution in [3.63, 3.8) is 0 Å². The third-order valence-corrected chi connectivity index (χ3v) is 1.26. The summed E-state index contributed by atoms with van der Waals surface area (Å²) in [5, 5.41) is 8.01. The minimum Gasteiger partial charge on any atom is -0.480 e. The highest BCUT2D eigenvalue weighted by molar-refractivity contribution is 7.80. The predicted octanol–water partition coefficient (Wildman–Crippen LogP) is 1.08. The van der Waals surface area contributed by atoms with E-state index in [0.29, 0.717) is 0 Å². The van der Waals surface area contributed by atoms with Crippen LogP contribution in [0.25, 0.3) is 0 Å². The maximum absolute atomic E-state index is 9.76. The monoisotopic (exact) mass is 189 g/mol. The molecule has 0 spiro atoms. The highest BCUT2D eigenvalue weighted by Gasteiger charge is 2.06. The first-order chi connectivity index (χ1) is 5.45. The number of allylic oxidation sites excluding steroid dienone is 2. The molecule has 0 aromatic rings. The smallest absolute Gasteiger partial charge is 0.321 e. The fraction of sp³-hybridized carbons (Fsp3) is 0.375. The van der Waals surface area contributed by atoms with Gasteiger partial charge in [0.2, 0.25) is 0 Å². The molecule has 3 N–H and O–H groups in total. The quantitative estimate of drug-likeness (QED) is 0.460. The molecule has 0 saturated heterocycles. The summed E-state index contributed by atoms with van der Waals surface area (Å²) in [6, 6.07) is -0.816. The summed E-state index contributed by atoms with van der Waals surface area (Å²) in [7, 11) is 0. The first kappa shape index (κ1) is 13.8. The lowest BCUT2D eigenvalue weighted by atomic mass is 10.4. The topological polar surface area (TPSA) is 63.3 Å². The number of carbonyl (C=O) groups is 1. The van der Waals surface area contributed by atoms with Crippen molar-refractivity contribution in [2.24, 2.45) is 5.73 Å². The maximum Gasteiger partial charge on any atom is 0.321 e. The van der Waals surface area contributed by atoms with Crippen LogP contribution < -0.4 is 5.73 Å². The number of hydrogen-bond donors (Lipinski definition) is 3. The minimum absolute atomic E-state index is 0.190. The number of thiol groups is 1. The Balaban J connectivity index is 0. The first-order valence-electron chi connectivity index (χ1n) is 3.32. The van der Waals surface area contributed by atoms with Gasteiger partial charge in [0, 0.05) is 5.75 Å². The Bertz CT molecular complexity index is 168. The molecule has 4 heteroatoms. The van der Waals surface area contributed by atoms with E-state index in [4.69, 9.17) is 10.8 Å². The molecule has 0 amide bonds. The lowest BCUT2D eigenvalue weighted by molar-refractivity contribution is -0.137. The molecular formula is C8H15NO2S. The maximum atomic E-state index is 9.76. The summed E-state index contributed by atoms with van der Waals surface area (Å²) in [4.78, 5) is 9.76. The summed E-state index contributed by atoms with van der Waals surface area (Å²) < 4.78 is 0. The van der Waals surface area contributed by atoms with Crippen molar-refractivity contribution in [3.8, 4) is 0 Å². The van der Waals surface area contributed by atoms with Crippen LogP contribution in [0, 0.1) is 0 Å². The van der Waals surface area contributed by atoms with E-state index in [-0.39, 0.29) is 5.75 Å². The number of rotatable bonds is 3. The molecule has 12 heavy (non-hydrogen) atoms. The molecule has 0 aliphatic heterocycles. The van der Waals surface area contributed by atoms with Crippen LogP contribution in [0.2, 0.25) is 0 Å². The van der Waals surface area contributed by atoms with E-state index >= 15 is 0 Å². The van der Waals surface area contributed by atoms with Gasteiger partial charge in [0.05, 0.1) is 0 Å². The molecule has 0 aliphatic rings. The standard InChI is InChI=1S/C5H8.C3H7NO2S/c1-4-5(2)3;4-2(1-7)3(5)6/h4H,1-2H2,3H3;2,7H,1,4H2,(H,5,6). The van der Waals surface area contributed by atoms with Crippen LogP contribution in [0.4, 0.5) is 0 Å². The van der Waals surface area contributed by atoms with Gasteiger partial charge < -0.3 is 10.8 Å². The average Bonchev–Trinajstić information content (AvgIpc) is 2.04. The molecule has 70 valence electrons. The van der Waals surface area contributed by atoms with E-state index in [1.807, 2.05) is 6.92 Å². The van der Waals surface area contributed by atoms with Gasteiger partial charge in [-0.15, -0.1) is 0 Å². The summed E-state index contributed by atoms with van der Waals surface area (Å²) in [5.41, 5.74) is 5.96. The largest absolute Gasteiger partial charge is 0.480 e. The third-order valence-electron chi connectivity index (χ3n) is 0.862. The molecular weight excluding hydrogens is 174 g/mol. The molecule has 0 fully saturated rings. The van der Waals surface area contributed by atoms with Crippen LogP contribution in [0.5, 0.6) is 0 Å². The van der Waals surface area contributed by atoms with E-state index in [0.717, 1.165) is 5.57 Å². The zero-order chi connectivity index (χ0) is 10.1. The molecule has 0 aromatic carbocycles. The zero-order valence-electron chi connectivity index (χ0n) is 7.16. The fourth-order valence-corrected chi connectivity index (χ4v) is 0.234. The lowest BCUT2D eigenvalue weighted by Gasteiger charge is -1.96. The van der Waals surface area contributed by atoms with Gasteiger partial charge in [-0.1, -0.05) is 24.8 Å². The van der Waals surface area contributed by atoms with Crippen LogP contribution in [0.1, 0.15) is 6.92 Å². The Kier molecular flexibility index (Phi) is 9.63. The predicted molar refractivity (Wildman–Crippen MR) is 54.5 cm³/mol. The summed E-state index contributed by atoms with van der Waals surface area (Å²) in [6.07, 6.45) is 1.72. The van der Waals surface area contributed by atoms with Crippen molar-refractivity contribution in [1.82, 2.24) is 0 Å². The highest BCUT2D eigenvalue weighted by Crippen LogP contribution is 1.81. The second-order valence-electron chi connectivity index (χ2n) is 2.18. The van der Waals surface area contributed by atoms with Gasteiger partial charge in [0.25, 0.3) is 0 Å². The molecule has 0 aromatic heterocycles. The van der Waals surface area contributed by atoms with Crippen LogP contribution in [0.15, 0.2) is 24.8 Å². The molecule has 0 bridgehead atoms. The zero-order valence-corrected chi connectivity index (χ0v) is 8.05.